The van der Waals surface area contributed by atoms with Gasteiger partial charge in [-0.05, 0) is 29.5 Å². The summed E-state index contributed by atoms with van der Waals surface area (Å²) in [6.45, 7) is 4.81. The van der Waals surface area contributed by atoms with Crippen molar-refractivity contribution in [3.8, 4) is 0 Å². The Morgan fingerprint density at radius 1 is 1.17 bits per heavy atom. The third-order valence-electron chi connectivity index (χ3n) is 4.82. The van der Waals surface area contributed by atoms with Crippen LogP contribution in [0, 0.1) is 11.8 Å². The fourth-order valence-corrected chi connectivity index (χ4v) is 4.37. The number of rotatable bonds is 3. The van der Waals surface area contributed by atoms with E-state index in [2.05, 4.69) is 22.0 Å². The quantitative estimate of drug-likeness (QED) is 0.856. The first-order valence-electron chi connectivity index (χ1n) is 7.83. The second kappa shape index (κ2) is 6.23. The monoisotopic (exact) mass is 347 g/mol. The SMILES string of the molecule is O=C(c1cscn1)N1C[C@@H]2CN(Cc3ccc(Cl)cc3)C[C@H]2C1. The van der Waals surface area contributed by atoms with Gasteiger partial charge in [0.2, 0.25) is 0 Å². The highest BCUT2D eigenvalue weighted by Gasteiger charge is 2.41. The van der Waals surface area contributed by atoms with E-state index in [0.29, 0.717) is 17.5 Å². The Balaban J connectivity index is 1.35. The van der Waals surface area contributed by atoms with Crippen LogP contribution in [0.4, 0.5) is 0 Å². The van der Waals surface area contributed by atoms with Crippen molar-refractivity contribution in [1.82, 2.24) is 14.8 Å². The van der Waals surface area contributed by atoms with Crippen molar-refractivity contribution >= 4 is 28.8 Å². The number of hydrogen-bond acceptors (Lipinski definition) is 4. The lowest BCUT2D eigenvalue weighted by Crippen LogP contribution is -2.33. The van der Waals surface area contributed by atoms with E-state index < -0.39 is 0 Å². The summed E-state index contributed by atoms with van der Waals surface area (Å²) >= 11 is 7.41. The summed E-state index contributed by atoms with van der Waals surface area (Å²) in [5, 5.41) is 2.62. The molecule has 2 aliphatic rings. The number of halogens is 1. The number of amides is 1. The number of nitrogens with zero attached hydrogens (tertiary/aromatic N) is 3. The highest BCUT2D eigenvalue weighted by atomic mass is 35.5. The summed E-state index contributed by atoms with van der Waals surface area (Å²) < 4.78 is 0. The van der Waals surface area contributed by atoms with Gasteiger partial charge in [0.1, 0.15) is 5.69 Å². The van der Waals surface area contributed by atoms with Gasteiger partial charge < -0.3 is 4.90 Å². The summed E-state index contributed by atoms with van der Waals surface area (Å²) in [4.78, 5) is 21.0. The second-order valence-corrected chi connectivity index (χ2v) is 7.58. The molecule has 23 heavy (non-hydrogen) atoms. The first-order chi connectivity index (χ1) is 11.2. The molecule has 2 atom stereocenters. The Morgan fingerprint density at radius 3 is 2.48 bits per heavy atom. The van der Waals surface area contributed by atoms with Gasteiger partial charge >= 0.3 is 0 Å². The van der Waals surface area contributed by atoms with Crippen LogP contribution in [0.5, 0.6) is 0 Å². The Hall–Kier alpha value is -1.43. The molecule has 2 saturated heterocycles. The molecular formula is C17H18ClN3OS. The van der Waals surface area contributed by atoms with Crippen molar-refractivity contribution < 1.29 is 4.79 Å². The second-order valence-electron chi connectivity index (χ2n) is 6.42. The number of benzene rings is 1. The lowest BCUT2D eigenvalue weighted by molar-refractivity contribution is 0.0768. The minimum absolute atomic E-state index is 0.0879. The lowest BCUT2D eigenvalue weighted by Gasteiger charge is -2.21. The van der Waals surface area contributed by atoms with Gasteiger partial charge in [-0.2, -0.15) is 0 Å². The van der Waals surface area contributed by atoms with Crippen LogP contribution in [0.3, 0.4) is 0 Å². The third kappa shape index (κ3) is 3.13. The fraction of sp³-hybridized carbons (Fsp3) is 0.412. The molecular weight excluding hydrogens is 330 g/mol. The van der Waals surface area contributed by atoms with Gasteiger partial charge in [-0.3, -0.25) is 9.69 Å². The number of fused-ring (bicyclic) bond motifs is 1. The first-order valence-corrected chi connectivity index (χ1v) is 9.15. The zero-order chi connectivity index (χ0) is 15.8. The molecule has 0 aliphatic carbocycles. The maximum atomic E-state index is 12.4. The molecule has 6 heteroatoms. The van der Waals surface area contributed by atoms with Crippen molar-refractivity contribution in [2.75, 3.05) is 26.2 Å². The Labute approximate surface area is 144 Å². The molecule has 0 radical (unpaired) electrons. The smallest absolute Gasteiger partial charge is 0.273 e. The van der Waals surface area contributed by atoms with Crippen molar-refractivity contribution in [3.05, 3.63) is 51.4 Å². The Morgan fingerprint density at radius 2 is 1.87 bits per heavy atom. The topological polar surface area (TPSA) is 36.4 Å². The van der Waals surface area contributed by atoms with Crippen molar-refractivity contribution in [2.24, 2.45) is 11.8 Å². The van der Waals surface area contributed by atoms with E-state index in [0.717, 1.165) is 37.7 Å². The third-order valence-corrected chi connectivity index (χ3v) is 5.66. The molecule has 2 fully saturated rings. The van der Waals surface area contributed by atoms with Gasteiger partial charge in [-0.15, -0.1) is 11.3 Å². The minimum Gasteiger partial charge on any atom is -0.337 e. The van der Waals surface area contributed by atoms with Crippen molar-refractivity contribution in [2.45, 2.75) is 6.54 Å². The zero-order valence-electron chi connectivity index (χ0n) is 12.7. The molecule has 4 nitrogen and oxygen atoms in total. The van der Waals surface area contributed by atoms with E-state index in [-0.39, 0.29) is 5.91 Å². The average Bonchev–Trinajstić information content (AvgIpc) is 3.24. The van der Waals surface area contributed by atoms with Crippen LogP contribution in [0.2, 0.25) is 5.02 Å². The number of thiazole rings is 1. The molecule has 2 aromatic rings. The molecule has 3 heterocycles. The zero-order valence-corrected chi connectivity index (χ0v) is 14.3. The van der Waals surface area contributed by atoms with Crippen molar-refractivity contribution in [1.29, 1.82) is 0 Å². The predicted molar refractivity (Wildman–Crippen MR) is 91.7 cm³/mol. The molecule has 0 N–H and O–H groups in total. The van der Waals surface area contributed by atoms with Crippen LogP contribution in [0.15, 0.2) is 35.2 Å². The van der Waals surface area contributed by atoms with Crippen LogP contribution >= 0.6 is 22.9 Å². The maximum Gasteiger partial charge on any atom is 0.273 e. The molecule has 1 aromatic heterocycles. The van der Waals surface area contributed by atoms with E-state index in [1.54, 1.807) is 5.51 Å². The largest absolute Gasteiger partial charge is 0.337 e. The molecule has 0 bridgehead atoms. The highest BCUT2D eigenvalue weighted by molar-refractivity contribution is 7.07. The summed E-state index contributed by atoms with van der Waals surface area (Å²) in [5.41, 5.74) is 3.61. The van der Waals surface area contributed by atoms with E-state index in [1.165, 1.54) is 16.9 Å². The number of aromatic nitrogens is 1. The summed E-state index contributed by atoms with van der Waals surface area (Å²) in [6, 6.07) is 8.08. The van der Waals surface area contributed by atoms with Gasteiger partial charge in [0, 0.05) is 43.1 Å². The number of likely N-dealkylation sites (tertiary alicyclic amines) is 2. The van der Waals surface area contributed by atoms with Gasteiger partial charge in [-0.25, -0.2) is 4.98 Å². The molecule has 0 unspecified atom stereocenters. The Kier molecular flexibility index (Phi) is 4.09. The Bertz CT molecular complexity index is 674. The van der Waals surface area contributed by atoms with E-state index in [9.17, 15) is 4.79 Å². The molecule has 1 amide bonds. The fourth-order valence-electron chi connectivity index (χ4n) is 3.71. The van der Waals surface area contributed by atoms with Gasteiger partial charge in [0.05, 0.1) is 5.51 Å². The summed E-state index contributed by atoms with van der Waals surface area (Å²) in [7, 11) is 0. The maximum absolute atomic E-state index is 12.4. The van der Waals surface area contributed by atoms with E-state index in [4.69, 9.17) is 11.6 Å². The van der Waals surface area contributed by atoms with Crippen LogP contribution in [0.1, 0.15) is 16.1 Å². The summed E-state index contributed by atoms with van der Waals surface area (Å²) in [6.07, 6.45) is 0. The first kappa shape index (κ1) is 15.1. The van der Waals surface area contributed by atoms with Crippen LogP contribution in [-0.2, 0) is 6.54 Å². The van der Waals surface area contributed by atoms with Crippen LogP contribution in [-0.4, -0.2) is 46.9 Å². The lowest BCUT2D eigenvalue weighted by atomic mass is 10.0. The molecule has 0 spiro atoms. The minimum atomic E-state index is 0.0879. The molecule has 2 aliphatic heterocycles. The van der Waals surface area contributed by atoms with Gasteiger partial charge in [0.15, 0.2) is 0 Å². The molecule has 4 rings (SSSR count). The van der Waals surface area contributed by atoms with Gasteiger partial charge in [-0.1, -0.05) is 23.7 Å². The number of carbonyl (C=O) groups is 1. The molecule has 0 saturated carbocycles. The van der Waals surface area contributed by atoms with E-state index in [1.807, 2.05) is 22.4 Å². The predicted octanol–water partition coefficient (Wildman–Crippen LogP) is 3.00. The average molecular weight is 348 g/mol. The van der Waals surface area contributed by atoms with Crippen molar-refractivity contribution in [3.63, 3.8) is 0 Å². The standard InChI is InChI=1S/C17H18ClN3OS/c18-15-3-1-12(2-4-15)5-20-6-13-8-21(9-14(13)7-20)17(22)16-10-23-11-19-16/h1-4,10-11,13-14H,5-9H2/t13-,14-/m0/s1. The molecule has 1 aromatic carbocycles. The van der Waals surface area contributed by atoms with Crippen LogP contribution < -0.4 is 0 Å². The van der Waals surface area contributed by atoms with E-state index >= 15 is 0 Å². The molecule has 120 valence electrons. The highest BCUT2D eigenvalue weighted by Crippen LogP contribution is 2.32. The number of carbonyl (C=O) groups excluding carboxylic acids is 1. The van der Waals surface area contributed by atoms with Gasteiger partial charge in [0.25, 0.3) is 5.91 Å². The number of hydrogen-bond donors (Lipinski definition) is 0. The summed E-state index contributed by atoms with van der Waals surface area (Å²) in [5.74, 6) is 1.26. The normalized spacial score (nSPS) is 24.1. The van der Waals surface area contributed by atoms with Crippen LogP contribution in [0.25, 0.3) is 0 Å².